The molecule has 1 atom stereocenters. The molecule has 0 fully saturated rings. The molecule has 0 saturated heterocycles. The second-order valence-electron chi connectivity index (χ2n) is 5.06. The van der Waals surface area contributed by atoms with Gasteiger partial charge >= 0.3 is 0 Å². The standard InChI is InChI=1S/C14H21NO3/c1-11(2)10-13(16)8-5-7-12-6-3-4-9-14(12)15(17)18/h3-4,6,9,11,13,16H,5,7-8,10H2,1-2H3. The molecule has 0 saturated carbocycles. The summed E-state index contributed by atoms with van der Waals surface area (Å²) in [6.45, 7) is 4.15. The summed E-state index contributed by atoms with van der Waals surface area (Å²) < 4.78 is 0. The molecule has 0 aromatic heterocycles. The van der Waals surface area contributed by atoms with Crippen LogP contribution in [0.5, 0.6) is 0 Å². The smallest absolute Gasteiger partial charge is 0.272 e. The van der Waals surface area contributed by atoms with Crippen LogP contribution in [-0.2, 0) is 6.42 Å². The van der Waals surface area contributed by atoms with Gasteiger partial charge in [-0.15, -0.1) is 0 Å². The summed E-state index contributed by atoms with van der Waals surface area (Å²) in [5.41, 5.74) is 0.926. The number of benzene rings is 1. The number of para-hydroxylation sites is 1. The Morgan fingerprint density at radius 3 is 2.61 bits per heavy atom. The van der Waals surface area contributed by atoms with Crippen LogP contribution in [0.2, 0.25) is 0 Å². The van der Waals surface area contributed by atoms with Crippen LogP contribution in [0.1, 0.15) is 38.7 Å². The monoisotopic (exact) mass is 251 g/mol. The maximum atomic E-state index is 10.8. The van der Waals surface area contributed by atoms with Crippen molar-refractivity contribution in [1.29, 1.82) is 0 Å². The zero-order valence-electron chi connectivity index (χ0n) is 11.0. The lowest BCUT2D eigenvalue weighted by Crippen LogP contribution is -2.10. The first-order chi connectivity index (χ1) is 8.50. The molecule has 0 spiro atoms. The van der Waals surface area contributed by atoms with E-state index in [-0.39, 0.29) is 16.7 Å². The van der Waals surface area contributed by atoms with Gasteiger partial charge in [-0.25, -0.2) is 0 Å². The molecule has 0 aliphatic carbocycles. The summed E-state index contributed by atoms with van der Waals surface area (Å²) in [7, 11) is 0. The van der Waals surface area contributed by atoms with Crippen molar-refractivity contribution in [2.45, 2.75) is 45.6 Å². The highest BCUT2D eigenvalue weighted by molar-refractivity contribution is 5.39. The molecule has 0 aliphatic heterocycles. The third-order valence-electron chi connectivity index (χ3n) is 2.92. The molecule has 1 N–H and O–H groups in total. The Morgan fingerprint density at radius 1 is 1.33 bits per heavy atom. The topological polar surface area (TPSA) is 63.4 Å². The van der Waals surface area contributed by atoms with Crippen molar-refractivity contribution >= 4 is 5.69 Å². The minimum absolute atomic E-state index is 0.177. The average Bonchev–Trinajstić information content (AvgIpc) is 2.28. The summed E-state index contributed by atoms with van der Waals surface area (Å²) in [5, 5.41) is 20.6. The van der Waals surface area contributed by atoms with Crippen molar-refractivity contribution < 1.29 is 10.0 Å². The largest absolute Gasteiger partial charge is 0.393 e. The maximum absolute atomic E-state index is 10.8. The van der Waals surface area contributed by atoms with Crippen molar-refractivity contribution in [1.82, 2.24) is 0 Å². The molecule has 4 heteroatoms. The van der Waals surface area contributed by atoms with E-state index in [9.17, 15) is 15.2 Å². The molecular formula is C14H21NO3. The van der Waals surface area contributed by atoms with E-state index in [4.69, 9.17) is 0 Å². The van der Waals surface area contributed by atoms with Gasteiger partial charge in [-0.2, -0.15) is 0 Å². The van der Waals surface area contributed by atoms with Gasteiger partial charge < -0.3 is 5.11 Å². The van der Waals surface area contributed by atoms with Gasteiger partial charge in [-0.1, -0.05) is 32.0 Å². The lowest BCUT2D eigenvalue weighted by molar-refractivity contribution is -0.385. The minimum Gasteiger partial charge on any atom is -0.393 e. The predicted octanol–water partition coefficient (Wildman–Crippen LogP) is 3.32. The van der Waals surface area contributed by atoms with Crippen molar-refractivity contribution in [2.24, 2.45) is 5.92 Å². The van der Waals surface area contributed by atoms with Crippen LogP contribution in [-0.4, -0.2) is 16.1 Å². The summed E-state index contributed by atoms with van der Waals surface area (Å²) in [5.74, 6) is 0.478. The third-order valence-corrected chi connectivity index (χ3v) is 2.92. The highest BCUT2D eigenvalue weighted by Crippen LogP contribution is 2.20. The molecule has 0 amide bonds. The summed E-state index contributed by atoms with van der Waals surface area (Å²) in [4.78, 5) is 10.5. The highest BCUT2D eigenvalue weighted by atomic mass is 16.6. The van der Waals surface area contributed by atoms with Gasteiger partial charge in [0.25, 0.3) is 5.69 Å². The molecule has 100 valence electrons. The number of aliphatic hydroxyl groups excluding tert-OH is 1. The molecule has 1 rings (SSSR count). The molecule has 1 unspecified atom stereocenters. The van der Waals surface area contributed by atoms with E-state index in [1.807, 2.05) is 6.07 Å². The first-order valence-electron chi connectivity index (χ1n) is 6.41. The Kier molecular flexibility index (Phi) is 5.78. The third kappa shape index (κ3) is 4.84. The highest BCUT2D eigenvalue weighted by Gasteiger charge is 2.13. The molecule has 0 bridgehead atoms. The van der Waals surface area contributed by atoms with Gasteiger partial charge in [0, 0.05) is 11.6 Å². The quantitative estimate of drug-likeness (QED) is 0.597. The molecule has 18 heavy (non-hydrogen) atoms. The Labute approximate surface area is 108 Å². The summed E-state index contributed by atoms with van der Waals surface area (Å²) in [6.07, 6.45) is 2.61. The number of aryl methyl sites for hydroxylation is 1. The van der Waals surface area contributed by atoms with Crippen LogP contribution >= 0.6 is 0 Å². The van der Waals surface area contributed by atoms with E-state index in [0.29, 0.717) is 18.8 Å². The number of rotatable bonds is 7. The van der Waals surface area contributed by atoms with Crippen molar-refractivity contribution in [3.8, 4) is 0 Å². The molecule has 0 radical (unpaired) electrons. The minimum atomic E-state index is -0.347. The Hall–Kier alpha value is -1.42. The van der Waals surface area contributed by atoms with E-state index in [0.717, 1.165) is 18.4 Å². The van der Waals surface area contributed by atoms with Gasteiger partial charge in [0.15, 0.2) is 0 Å². The maximum Gasteiger partial charge on any atom is 0.272 e. The van der Waals surface area contributed by atoms with Gasteiger partial charge in [-0.3, -0.25) is 10.1 Å². The van der Waals surface area contributed by atoms with E-state index in [2.05, 4.69) is 13.8 Å². The SMILES string of the molecule is CC(C)CC(O)CCCc1ccccc1[N+](=O)[O-]. The number of nitro groups is 1. The fraction of sp³-hybridized carbons (Fsp3) is 0.571. The van der Waals surface area contributed by atoms with E-state index in [1.165, 1.54) is 6.07 Å². The van der Waals surface area contributed by atoms with Crippen LogP contribution in [0.3, 0.4) is 0 Å². The Morgan fingerprint density at radius 2 is 2.00 bits per heavy atom. The number of hydrogen-bond acceptors (Lipinski definition) is 3. The number of nitrogens with zero attached hydrogens (tertiary/aromatic N) is 1. The fourth-order valence-electron chi connectivity index (χ4n) is 2.09. The molecule has 0 heterocycles. The number of aliphatic hydroxyl groups is 1. The van der Waals surface area contributed by atoms with E-state index in [1.54, 1.807) is 12.1 Å². The van der Waals surface area contributed by atoms with Crippen molar-refractivity contribution in [3.05, 3.63) is 39.9 Å². The Bertz CT molecular complexity index is 390. The summed E-state index contributed by atoms with van der Waals surface area (Å²) >= 11 is 0. The van der Waals surface area contributed by atoms with Gasteiger partial charge in [-0.05, 0) is 31.6 Å². The molecule has 1 aromatic carbocycles. The van der Waals surface area contributed by atoms with Crippen molar-refractivity contribution in [2.75, 3.05) is 0 Å². The van der Waals surface area contributed by atoms with Gasteiger partial charge in [0.05, 0.1) is 11.0 Å². The lowest BCUT2D eigenvalue weighted by Gasteiger charge is -2.12. The van der Waals surface area contributed by atoms with Crippen LogP contribution in [0.25, 0.3) is 0 Å². The normalized spacial score (nSPS) is 12.7. The average molecular weight is 251 g/mol. The number of hydrogen-bond donors (Lipinski definition) is 1. The van der Waals surface area contributed by atoms with E-state index < -0.39 is 0 Å². The molecule has 1 aromatic rings. The van der Waals surface area contributed by atoms with Crippen LogP contribution in [0, 0.1) is 16.0 Å². The second kappa shape index (κ2) is 7.11. The molecule has 4 nitrogen and oxygen atoms in total. The van der Waals surface area contributed by atoms with Gasteiger partial charge in [0.1, 0.15) is 0 Å². The summed E-state index contributed by atoms with van der Waals surface area (Å²) in [6, 6.07) is 6.80. The van der Waals surface area contributed by atoms with E-state index >= 15 is 0 Å². The molecular weight excluding hydrogens is 230 g/mol. The first-order valence-corrected chi connectivity index (χ1v) is 6.41. The van der Waals surface area contributed by atoms with Crippen LogP contribution in [0.4, 0.5) is 5.69 Å². The lowest BCUT2D eigenvalue weighted by atomic mass is 9.99. The number of nitro benzene ring substituents is 1. The first kappa shape index (κ1) is 14.6. The predicted molar refractivity (Wildman–Crippen MR) is 71.5 cm³/mol. The second-order valence-corrected chi connectivity index (χ2v) is 5.06. The molecule has 0 aliphatic rings. The van der Waals surface area contributed by atoms with Crippen molar-refractivity contribution in [3.63, 3.8) is 0 Å². The Balaban J connectivity index is 2.46. The zero-order chi connectivity index (χ0) is 13.5. The van der Waals surface area contributed by atoms with Crippen LogP contribution < -0.4 is 0 Å². The van der Waals surface area contributed by atoms with Crippen LogP contribution in [0.15, 0.2) is 24.3 Å². The fourth-order valence-corrected chi connectivity index (χ4v) is 2.09. The van der Waals surface area contributed by atoms with Gasteiger partial charge in [0.2, 0.25) is 0 Å². The zero-order valence-corrected chi connectivity index (χ0v) is 11.0.